The molecule has 0 radical (unpaired) electrons. The number of likely N-dealkylation sites (N-methyl/N-ethyl adjacent to an activating group) is 1. The van der Waals surface area contributed by atoms with E-state index in [4.69, 9.17) is 4.74 Å². The number of nitrogens with one attached hydrogen (secondary N) is 2. The minimum Gasteiger partial charge on any atom is -0.492 e. The summed E-state index contributed by atoms with van der Waals surface area (Å²) in [5.41, 5.74) is 2.17. The number of carbonyl (C=O) groups is 2. The van der Waals surface area contributed by atoms with Crippen LogP contribution < -0.4 is 15.4 Å². The Labute approximate surface area is 173 Å². The van der Waals surface area contributed by atoms with Gasteiger partial charge in [0.1, 0.15) is 18.4 Å². The Morgan fingerprint density at radius 1 is 1.03 bits per heavy atom. The summed E-state index contributed by atoms with van der Waals surface area (Å²) in [6, 6.07) is 16.5. The molecule has 2 rings (SSSR count). The molecule has 29 heavy (non-hydrogen) atoms. The summed E-state index contributed by atoms with van der Waals surface area (Å²) in [6.45, 7) is 7.07. The fourth-order valence-electron chi connectivity index (χ4n) is 2.77. The third kappa shape index (κ3) is 7.49. The van der Waals surface area contributed by atoms with Crippen LogP contribution in [0.3, 0.4) is 0 Å². The van der Waals surface area contributed by atoms with E-state index in [1.54, 1.807) is 11.9 Å². The highest BCUT2D eigenvalue weighted by atomic mass is 16.5. The molecule has 6 heteroatoms. The van der Waals surface area contributed by atoms with Crippen LogP contribution >= 0.6 is 0 Å². The first-order valence-corrected chi connectivity index (χ1v) is 9.89. The van der Waals surface area contributed by atoms with E-state index in [0.717, 1.165) is 11.3 Å². The van der Waals surface area contributed by atoms with Gasteiger partial charge in [0.15, 0.2) is 0 Å². The molecule has 0 aliphatic rings. The van der Waals surface area contributed by atoms with Gasteiger partial charge in [-0.2, -0.15) is 0 Å². The van der Waals surface area contributed by atoms with Crippen molar-refractivity contribution in [1.29, 1.82) is 0 Å². The predicted octanol–water partition coefficient (Wildman–Crippen LogP) is 3.36. The molecule has 0 spiro atoms. The molecule has 0 aromatic heterocycles. The Balaban J connectivity index is 1.81. The molecule has 3 amide bonds. The number of hydrogen-bond donors (Lipinski definition) is 2. The van der Waals surface area contributed by atoms with E-state index >= 15 is 0 Å². The fraction of sp³-hybridized carbons (Fsp3) is 0.391. The van der Waals surface area contributed by atoms with Gasteiger partial charge >= 0.3 is 6.03 Å². The highest BCUT2D eigenvalue weighted by Crippen LogP contribution is 2.11. The van der Waals surface area contributed by atoms with Crippen LogP contribution in [0.1, 0.15) is 25.0 Å². The molecule has 2 aromatic rings. The van der Waals surface area contributed by atoms with Crippen LogP contribution in [-0.2, 0) is 11.3 Å². The molecule has 2 N–H and O–H groups in total. The van der Waals surface area contributed by atoms with Crippen LogP contribution in [0.25, 0.3) is 0 Å². The van der Waals surface area contributed by atoms with Crippen LogP contribution in [0.5, 0.6) is 5.75 Å². The number of ether oxygens (including phenoxy) is 1. The predicted molar refractivity (Wildman–Crippen MR) is 115 cm³/mol. The first kappa shape index (κ1) is 22.3. The molecule has 0 bridgehead atoms. The van der Waals surface area contributed by atoms with Gasteiger partial charge in [-0.3, -0.25) is 4.79 Å². The molecular weight excluding hydrogens is 366 g/mol. The number of hydrogen-bond acceptors (Lipinski definition) is 3. The van der Waals surface area contributed by atoms with Crippen molar-refractivity contribution in [3.63, 3.8) is 0 Å². The zero-order chi connectivity index (χ0) is 21.2. The first-order chi connectivity index (χ1) is 13.9. The summed E-state index contributed by atoms with van der Waals surface area (Å²) >= 11 is 0. The smallest absolute Gasteiger partial charge is 0.315 e. The van der Waals surface area contributed by atoms with E-state index in [1.807, 2.05) is 75.4 Å². The Morgan fingerprint density at radius 3 is 2.31 bits per heavy atom. The lowest BCUT2D eigenvalue weighted by molar-refractivity contribution is -0.133. The van der Waals surface area contributed by atoms with E-state index in [-0.39, 0.29) is 17.9 Å². The Hall–Kier alpha value is -3.02. The molecule has 0 aliphatic heterocycles. The number of carbonyl (C=O) groups excluding carboxylic acids is 2. The van der Waals surface area contributed by atoms with Gasteiger partial charge in [0.25, 0.3) is 0 Å². The van der Waals surface area contributed by atoms with E-state index in [0.29, 0.717) is 19.7 Å². The van der Waals surface area contributed by atoms with Crippen LogP contribution in [0, 0.1) is 12.8 Å². The molecule has 1 atom stereocenters. The normalized spacial score (nSPS) is 11.6. The van der Waals surface area contributed by atoms with Crippen LogP contribution in [0.15, 0.2) is 54.6 Å². The maximum atomic E-state index is 12.8. The second-order valence-electron chi connectivity index (χ2n) is 7.46. The number of aryl methyl sites for hydroxylation is 1. The van der Waals surface area contributed by atoms with Gasteiger partial charge in [0.2, 0.25) is 5.91 Å². The fourth-order valence-corrected chi connectivity index (χ4v) is 2.77. The largest absolute Gasteiger partial charge is 0.492 e. The molecule has 0 saturated heterocycles. The second kappa shape index (κ2) is 11.1. The van der Waals surface area contributed by atoms with Crippen LogP contribution in [-0.4, -0.2) is 43.1 Å². The summed E-state index contributed by atoms with van der Waals surface area (Å²) in [7, 11) is 1.72. The van der Waals surface area contributed by atoms with Crippen molar-refractivity contribution in [3.05, 3.63) is 65.7 Å². The number of nitrogens with zero attached hydrogens (tertiary/aromatic N) is 1. The average molecular weight is 398 g/mol. The number of benzene rings is 2. The van der Waals surface area contributed by atoms with E-state index in [2.05, 4.69) is 10.6 Å². The van der Waals surface area contributed by atoms with E-state index in [9.17, 15) is 9.59 Å². The van der Waals surface area contributed by atoms with Crippen molar-refractivity contribution in [2.45, 2.75) is 33.4 Å². The lowest BCUT2D eigenvalue weighted by atomic mass is 10.0. The maximum Gasteiger partial charge on any atom is 0.315 e. The number of rotatable bonds is 9. The monoisotopic (exact) mass is 397 g/mol. The Kier molecular flexibility index (Phi) is 8.52. The molecule has 2 aromatic carbocycles. The minimum atomic E-state index is -0.602. The summed E-state index contributed by atoms with van der Waals surface area (Å²) in [6.07, 6.45) is 0. The van der Waals surface area contributed by atoms with Gasteiger partial charge < -0.3 is 20.3 Å². The van der Waals surface area contributed by atoms with Crippen molar-refractivity contribution in [1.82, 2.24) is 15.5 Å². The van der Waals surface area contributed by atoms with Crippen molar-refractivity contribution in [3.8, 4) is 5.75 Å². The van der Waals surface area contributed by atoms with Crippen molar-refractivity contribution < 1.29 is 14.3 Å². The molecule has 6 nitrogen and oxygen atoms in total. The van der Waals surface area contributed by atoms with Gasteiger partial charge in [-0.05, 0) is 30.5 Å². The SMILES string of the molecule is Cc1ccc(OCCN(C)C(=O)C(NC(=O)NCc2ccccc2)C(C)C)cc1. The summed E-state index contributed by atoms with van der Waals surface area (Å²) in [5, 5.41) is 5.60. The van der Waals surface area contributed by atoms with Gasteiger partial charge in [-0.1, -0.05) is 61.9 Å². The lowest BCUT2D eigenvalue weighted by Crippen LogP contribution is -2.53. The standard InChI is InChI=1S/C23H31N3O3/c1-17(2)21(25-23(28)24-16-19-8-6-5-7-9-19)22(27)26(4)14-15-29-20-12-10-18(3)11-13-20/h5-13,17,21H,14-16H2,1-4H3,(H2,24,25,28). The Morgan fingerprint density at radius 2 is 1.69 bits per heavy atom. The van der Waals surface area contributed by atoms with Gasteiger partial charge in [0, 0.05) is 13.6 Å². The van der Waals surface area contributed by atoms with E-state index in [1.165, 1.54) is 5.56 Å². The molecule has 0 aliphatic carbocycles. The van der Waals surface area contributed by atoms with Crippen LogP contribution in [0.2, 0.25) is 0 Å². The van der Waals surface area contributed by atoms with Crippen molar-refractivity contribution >= 4 is 11.9 Å². The highest BCUT2D eigenvalue weighted by Gasteiger charge is 2.26. The molecule has 0 saturated carbocycles. The number of amides is 3. The molecule has 0 heterocycles. The quantitative estimate of drug-likeness (QED) is 0.682. The summed E-state index contributed by atoms with van der Waals surface area (Å²) < 4.78 is 5.70. The van der Waals surface area contributed by atoms with Crippen LogP contribution in [0.4, 0.5) is 4.79 Å². The molecule has 156 valence electrons. The molecule has 1 unspecified atom stereocenters. The van der Waals surface area contributed by atoms with Gasteiger partial charge in [-0.15, -0.1) is 0 Å². The van der Waals surface area contributed by atoms with E-state index < -0.39 is 6.04 Å². The van der Waals surface area contributed by atoms with Gasteiger partial charge in [0.05, 0.1) is 6.54 Å². The third-order valence-electron chi connectivity index (χ3n) is 4.61. The van der Waals surface area contributed by atoms with Gasteiger partial charge in [-0.25, -0.2) is 4.79 Å². The summed E-state index contributed by atoms with van der Waals surface area (Å²) in [4.78, 5) is 26.7. The van der Waals surface area contributed by atoms with Crippen molar-refractivity contribution in [2.75, 3.05) is 20.2 Å². The average Bonchev–Trinajstić information content (AvgIpc) is 2.72. The highest BCUT2D eigenvalue weighted by molar-refractivity contribution is 5.87. The lowest BCUT2D eigenvalue weighted by Gasteiger charge is -2.27. The van der Waals surface area contributed by atoms with Crippen molar-refractivity contribution in [2.24, 2.45) is 5.92 Å². The zero-order valence-electron chi connectivity index (χ0n) is 17.6. The summed E-state index contributed by atoms with van der Waals surface area (Å²) in [5.74, 6) is 0.600. The topological polar surface area (TPSA) is 70.7 Å². The number of urea groups is 1. The minimum absolute atomic E-state index is 0.0366. The Bertz CT molecular complexity index is 776. The third-order valence-corrected chi connectivity index (χ3v) is 4.61. The first-order valence-electron chi connectivity index (χ1n) is 9.89. The zero-order valence-corrected chi connectivity index (χ0v) is 17.6. The molecule has 0 fully saturated rings. The molecular formula is C23H31N3O3. The second-order valence-corrected chi connectivity index (χ2v) is 7.46. The maximum absolute atomic E-state index is 12.8.